The smallest absolute Gasteiger partial charge is 0.237 e. The number of nitrogens with zero attached hydrogens (tertiary/aromatic N) is 3. The van der Waals surface area contributed by atoms with E-state index < -0.39 is 27.7 Å². The number of halogens is 1. The molecular weight excluding hydrogens is 481 g/mol. The van der Waals surface area contributed by atoms with Gasteiger partial charge in [-0.2, -0.15) is 0 Å². The first-order chi connectivity index (χ1) is 16.3. The van der Waals surface area contributed by atoms with Crippen LogP contribution in [-0.4, -0.2) is 41.1 Å². The maximum Gasteiger partial charge on any atom is 0.237 e. The van der Waals surface area contributed by atoms with E-state index >= 15 is 0 Å². The molecule has 1 amide bonds. The quantitative estimate of drug-likeness (QED) is 0.424. The van der Waals surface area contributed by atoms with Crippen LogP contribution in [0.3, 0.4) is 0 Å². The van der Waals surface area contributed by atoms with Gasteiger partial charge in [0, 0.05) is 10.9 Å². The van der Waals surface area contributed by atoms with Crippen molar-refractivity contribution in [1.82, 2.24) is 15.0 Å². The van der Waals surface area contributed by atoms with Crippen molar-refractivity contribution in [3.05, 3.63) is 47.5 Å². The Morgan fingerprint density at radius 1 is 1.26 bits per heavy atom. The Morgan fingerprint density at radius 3 is 2.74 bits per heavy atom. The van der Waals surface area contributed by atoms with Crippen LogP contribution in [0, 0.1) is 5.82 Å². The van der Waals surface area contributed by atoms with Gasteiger partial charge < -0.3 is 10.1 Å². The fourth-order valence-corrected chi connectivity index (χ4v) is 5.67. The second-order valence-electron chi connectivity index (χ2n) is 7.74. The highest BCUT2D eigenvalue weighted by molar-refractivity contribution is 7.93. The lowest BCUT2D eigenvalue weighted by atomic mass is 10.0. The average Bonchev–Trinajstić information content (AvgIpc) is 3.58. The Labute approximate surface area is 200 Å². The van der Waals surface area contributed by atoms with Gasteiger partial charge in [-0.15, -0.1) is 11.3 Å². The molecule has 0 spiro atoms. The van der Waals surface area contributed by atoms with E-state index in [9.17, 15) is 17.6 Å². The third-order valence-electron chi connectivity index (χ3n) is 5.22. The van der Waals surface area contributed by atoms with Crippen LogP contribution in [0.4, 0.5) is 15.2 Å². The van der Waals surface area contributed by atoms with E-state index in [-0.39, 0.29) is 16.1 Å². The van der Waals surface area contributed by atoms with Gasteiger partial charge in [0.05, 0.1) is 47.2 Å². The second-order valence-corrected chi connectivity index (χ2v) is 10.6. The second kappa shape index (κ2) is 10.0. The minimum Gasteiger partial charge on any atom is -0.477 e. The monoisotopic (exact) mass is 505 g/mol. The largest absolute Gasteiger partial charge is 0.477 e. The molecule has 180 valence electrons. The molecule has 0 aliphatic heterocycles. The van der Waals surface area contributed by atoms with Gasteiger partial charge in [0.25, 0.3) is 0 Å². The van der Waals surface area contributed by atoms with E-state index in [1.165, 1.54) is 24.5 Å². The number of carbonyl (C=O) groups is 1. The van der Waals surface area contributed by atoms with Crippen LogP contribution >= 0.6 is 11.3 Å². The van der Waals surface area contributed by atoms with Crippen molar-refractivity contribution in [3.63, 3.8) is 0 Å². The van der Waals surface area contributed by atoms with Gasteiger partial charge in [-0.3, -0.25) is 14.5 Å². The SMILES string of the molecule is CCOc1cncc(-c2ccc(NC(=O)C(CC)c3csc(NS(=O)(=O)C4CC4)n3)c(F)c2)n1. The van der Waals surface area contributed by atoms with Crippen LogP contribution in [0.25, 0.3) is 11.3 Å². The first-order valence-electron chi connectivity index (χ1n) is 10.8. The van der Waals surface area contributed by atoms with Crippen molar-refractivity contribution in [2.45, 2.75) is 44.3 Å². The van der Waals surface area contributed by atoms with Crippen LogP contribution in [-0.2, 0) is 14.8 Å². The number of rotatable bonds is 10. The fraction of sp³-hybridized carbons (Fsp3) is 0.364. The van der Waals surface area contributed by atoms with Crippen molar-refractivity contribution < 1.29 is 22.3 Å². The Hall–Kier alpha value is -3.12. The van der Waals surface area contributed by atoms with Gasteiger partial charge >= 0.3 is 0 Å². The number of anilines is 2. The third-order valence-corrected chi connectivity index (χ3v) is 7.96. The zero-order valence-corrected chi connectivity index (χ0v) is 20.2. The summed E-state index contributed by atoms with van der Waals surface area (Å²) in [5, 5.41) is 4.10. The maximum atomic E-state index is 14.8. The summed E-state index contributed by atoms with van der Waals surface area (Å²) in [5.41, 5.74) is 1.38. The molecule has 12 heteroatoms. The maximum absolute atomic E-state index is 14.8. The molecule has 1 aliphatic carbocycles. The number of benzene rings is 1. The summed E-state index contributed by atoms with van der Waals surface area (Å²) in [7, 11) is -3.44. The number of hydrogen-bond acceptors (Lipinski definition) is 8. The lowest BCUT2D eigenvalue weighted by Gasteiger charge is -2.14. The molecule has 1 atom stereocenters. The molecule has 9 nitrogen and oxygen atoms in total. The first kappa shape index (κ1) is 24.0. The summed E-state index contributed by atoms with van der Waals surface area (Å²) in [6, 6.07) is 4.36. The molecule has 3 aromatic rings. The molecule has 0 saturated heterocycles. The number of aromatic nitrogens is 3. The number of carbonyl (C=O) groups excluding carboxylic acids is 1. The molecule has 2 aromatic heterocycles. The summed E-state index contributed by atoms with van der Waals surface area (Å²) in [4.78, 5) is 25.5. The summed E-state index contributed by atoms with van der Waals surface area (Å²) in [6.07, 6.45) is 4.67. The zero-order valence-electron chi connectivity index (χ0n) is 18.6. The number of thiazole rings is 1. The van der Waals surface area contributed by atoms with Crippen LogP contribution in [0.5, 0.6) is 5.88 Å². The molecular formula is C22H24FN5O4S2. The molecule has 1 fully saturated rings. The van der Waals surface area contributed by atoms with Crippen molar-refractivity contribution in [2.24, 2.45) is 0 Å². The molecule has 1 saturated carbocycles. The van der Waals surface area contributed by atoms with Crippen molar-refractivity contribution in [1.29, 1.82) is 0 Å². The van der Waals surface area contributed by atoms with E-state index in [0.29, 0.717) is 48.7 Å². The molecule has 0 radical (unpaired) electrons. The Kier molecular flexibility index (Phi) is 7.08. The average molecular weight is 506 g/mol. The van der Waals surface area contributed by atoms with E-state index in [1.54, 1.807) is 18.4 Å². The van der Waals surface area contributed by atoms with E-state index in [4.69, 9.17) is 4.74 Å². The van der Waals surface area contributed by atoms with Gasteiger partial charge in [-0.05, 0) is 38.3 Å². The van der Waals surface area contributed by atoms with Gasteiger partial charge in [0.1, 0.15) is 5.82 Å². The lowest BCUT2D eigenvalue weighted by molar-refractivity contribution is -0.117. The zero-order chi connectivity index (χ0) is 24.3. The number of sulfonamides is 1. The van der Waals surface area contributed by atoms with Gasteiger partial charge in [-0.1, -0.05) is 13.0 Å². The van der Waals surface area contributed by atoms with Gasteiger partial charge in [0.2, 0.25) is 21.8 Å². The highest BCUT2D eigenvalue weighted by Gasteiger charge is 2.36. The molecule has 4 rings (SSSR count). The Balaban J connectivity index is 1.46. The number of nitrogens with one attached hydrogen (secondary N) is 2. The summed E-state index contributed by atoms with van der Waals surface area (Å²) in [6.45, 7) is 4.07. The topological polar surface area (TPSA) is 123 Å². The van der Waals surface area contributed by atoms with E-state index in [1.807, 2.05) is 6.92 Å². The third kappa shape index (κ3) is 5.50. The molecule has 1 unspecified atom stereocenters. The van der Waals surface area contributed by atoms with Crippen molar-refractivity contribution >= 4 is 38.1 Å². The lowest BCUT2D eigenvalue weighted by Crippen LogP contribution is -2.22. The van der Waals surface area contributed by atoms with Gasteiger partial charge in [-0.25, -0.2) is 22.8 Å². The first-order valence-corrected chi connectivity index (χ1v) is 13.3. The van der Waals surface area contributed by atoms with Crippen LogP contribution in [0.15, 0.2) is 36.0 Å². The normalized spacial score (nSPS) is 14.4. The molecule has 1 aromatic carbocycles. The summed E-state index contributed by atoms with van der Waals surface area (Å²) < 4.78 is 46.9. The Bertz CT molecular complexity index is 1290. The van der Waals surface area contributed by atoms with Crippen LogP contribution < -0.4 is 14.8 Å². The number of ether oxygens (including phenoxy) is 1. The standard InChI is InChI=1S/C22H24FN5O4S2/c1-3-15(19-12-33-22(27-19)28-34(30,31)14-6-7-14)21(29)26-17-8-5-13(9-16(17)23)18-10-24-11-20(25-18)32-4-2/h5,8-12,14-15H,3-4,6-7H2,1-2H3,(H,26,29)(H,27,28). The molecule has 34 heavy (non-hydrogen) atoms. The minimum absolute atomic E-state index is 0.0195. The van der Waals surface area contributed by atoms with E-state index in [2.05, 4.69) is 25.0 Å². The Morgan fingerprint density at radius 2 is 2.06 bits per heavy atom. The van der Waals surface area contributed by atoms with Gasteiger partial charge in [0.15, 0.2) is 5.13 Å². The molecule has 2 N–H and O–H groups in total. The summed E-state index contributed by atoms with van der Waals surface area (Å²) >= 11 is 1.12. The highest BCUT2D eigenvalue weighted by atomic mass is 32.2. The van der Waals surface area contributed by atoms with Crippen LogP contribution in [0.1, 0.15) is 44.7 Å². The summed E-state index contributed by atoms with van der Waals surface area (Å²) in [5.74, 6) is -1.39. The van der Waals surface area contributed by atoms with E-state index in [0.717, 1.165) is 11.3 Å². The fourth-order valence-electron chi connectivity index (χ4n) is 3.31. The molecule has 0 bridgehead atoms. The molecule has 2 heterocycles. The predicted molar refractivity (Wildman–Crippen MR) is 128 cm³/mol. The number of amides is 1. The highest BCUT2D eigenvalue weighted by Crippen LogP contribution is 2.32. The van der Waals surface area contributed by atoms with Crippen molar-refractivity contribution in [3.8, 4) is 17.1 Å². The molecule has 1 aliphatic rings. The predicted octanol–water partition coefficient (Wildman–Crippen LogP) is 4.17. The minimum atomic E-state index is -3.44. The van der Waals surface area contributed by atoms with Crippen molar-refractivity contribution in [2.75, 3.05) is 16.6 Å². The number of hydrogen-bond donors (Lipinski definition) is 2. The van der Waals surface area contributed by atoms with Crippen LogP contribution in [0.2, 0.25) is 0 Å².